The van der Waals surface area contributed by atoms with Gasteiger partial charge in [-0.15, -0.1) is 0 Å². The Kier molecular flexibility index (Phi) is 24.8. The van der Waals surface area contributed by atoms with Gasteiger partial charge in [0.15, 0.2) is 0 Å². The lowest BCUT2D eigenvalue weighted by molar-refractivity contribution is -0.143. The summed E-state index contributed by atoms with van der Waals surface area (Å²) >= 11 is 6.70. The minimum atomic E-state index is -0.723. The molecule has 0 aliphatic carbocycles. The van der Waals surface area contributed by atoms with Crippen LogP contribution in [0, 0.1) is 0 Å². The van der Waals surface area contributed by atoms with E-state index in [1.807, 2.05) is 0 Å². The fraction of sp³-hybridized carbons (Fsp3) is 0.900. The summed E-state index contributed by atoms with van der Waals surface area (Å²) in [6, 6.07) is 0. The zero-order valence-electron chi connectivity index (χ0n) is 16.6. The van der Waals surface area contributed by atoms with Gasteiger partial charge in [-0.3, -0.25) is 9.59 Å². The van der Waals surface area contributed by atoms with E-state index in [9.17, 15) is 9.59 Å². The number of halogens is 2. The van der Waals surface area contributed by atoms with Gasteiger partial charge in [0.25, 0.3) is 0 Å². The average molecular weight is 502 g/mol. The predicted molar refractivity (Wildman–Crippen MR) is 116 cm³/mol. The Balaban J connectivity index is 0. The Hall–Kier alpha value is -0.100. The van der Waals surface area contributed by atoms with Gasteiger partial charge in [0, 0.05) is 16.6 Å². The fourth-order valence-corrected chi connectivity index (χ4v) is 3.11. The normalized spacial score (nSPS) is 11.4. The van der Waals surface area contributed by atoms with Crippen LogP contribution in [0.15, 0.2) is 0 Å². The van der Waals surface area contributed by atoms with Crippen LogP contribution in [0.3, 0.4) is 0 Å². The number of aliphatic carboxylic acids is 1. The molecule has 1 N–H and O–H groups in total. The van der Waals surface area contributed by atoms with Gasteiger partial charge in [0.2, 0.25) is 0 Å². The van der Waals surface area contributed by atoms with E-state index in [1.165, 1.54) is 51.4 Å². The summed E-state index contributed by atoms with van der Waals surface area (Å²) in [6.07, 6.45) is 13.6. The van der Waals surface area contributed by atoms with Crippen molar-refractivity contribution in [2.45, 2.75) is 102 Å². The predicted octanol–water partition coefficient (Wildman–Crippen LogP) is 6.87. The second-order valence-electron chi connectivity index (χ2n) is 6.47. The van der Waals surface area contributed by atoms with Crippen molar-refractivity contribution in [1.29, 1.82) is 0 Å². The third kappa shape index (κ3) is 26.1. The summed E-state index contributed by atoms with van der Waals surface area (Å²) in [5.74, 6) is -0.772. The number of carbonyl (C=O) groups is 2. The smallest absolute Gasteiger partial charge is 0.306 e. The molecular weight excluding hydrogens is 464 g/mol. The molecule has 4 nitrogen and oxygen atoms in total. The van der Waals surface area contributed by atoms with Crippen LogP contribution < -0.4 is 0 Å². The number of alkyl halides is 2. The van der Waals surface area contributed by atoms with Crippen molar-refractivity contribution in [2.24, 2.45) is 0 Å². The van der Waals surface area contributed by atoms with Crippen molar-refractivity contribution in [3.8, 4) is 0 Å². The zero-order chi connectivity index (χ0) is 20.0. The number of hydrogen-bond acceptors (Lipinski definition) is 3. The number of carboxylic acid groups (broad SMARTS) is 1. The van der Waals surface area contributed by atoms with Gasteiger partial charge in [0.05, 0.1) is 13.0 Å². The number of ether oxygens (including phenoxy) is 1. The molecular formula is C20H38Br2O4. The van der Waals surface area contributed by atoms with E-state index in [4.69, 9.17) is 9.84 Å². The van der Waals surface area contributed by atoms with E-state index < -0.39 is 5.97 Å². The van der Waals surface area contributed by atoms with Crippen molar-refractivity contribution in [1.82, 2.24) is 0 Å². The number of rotatable bonds is 16. The Bertz CT molecular complexity index is 325. The SMILES string of the molecule is CCCCCCCC(Br)CC(=O)OCCCCCC.O=C(O)CCCBr. The molecule has 0 fully saturated rings. The van der Waals surface area contributed by atoms with Gasteiger partial charge in [-0.25, -0.2) is 0 Å². The van der Waals surface area contributed by atoms with Crippen molar-refractivity contribution in [3.05, 3.63) is 0 Å². The first-order valence-corrected chi connectivity index (χ1v) is 12.1. The highest BCUT2D eigenvalue weighted by atomic mass is 79.9. The number of unbranched alkanes of at least 4 members (excludes halogenated alkanes) is 7. The molecule has 26 heavy (non-hydrogen) atoms. The van der Waals surface area contributed by atoms with Crippen LogP contribution in [0.25, 0.3) is 0 Å². The second-order valence-corrected chi connectivity index (χ2v) is 8.56. The molecule has 0 saturated carbocycles. The molecule has 0 amide bonds. The summed E-state index contributed by atoms with van der Waals surface area (Å²) in [5, 5.41) is 8.80. The molecule has 0 rings (SSSR count). The number of hydrogen-bond donors (Lipinski definition) is 1. The average Bonchev–Trinajstić information content (AvgIpc) is 2.60. The lowest BCUT2D eigenvalue weighted by atomic mass is 10.1. The Morgan fingerprint density at radius 3 is 2.00 bits per heavy atom. The van der Waals surface area contributed by atoms with Crippen molar-refractivity contribution in [3.63, 3.8) is 0 Å². The van der Waals surface area contributed by atoms with Gasteiger partial charge in [-0.1, -0.05) is 97.1 Å². The summed E-state index contributed by atoms with van der Waals surface area (Å²) in [7, 11) is 0. The van der Waals surface area contributed by atoms with Crippen molar-refractivity contribution >= 4 is 43.8 Å². The quantitative estimate of drug-likeness (QED) is 0.142. The van der Waals surface area contributed by atoms with Gasteiger partial charge in [-0.2, -0.15) is 0 Å². The highest BCUT2D eigenvalue weighted by Crippen LogP contribution is 2.16. The first kappa shape index (κ1) is 28.1. The highest BCUT2D eigenvalue weighted by Gasteiger charge is 2.11. The van der Waals surface area contributed by atoms with E-state index in [0.717, 1.165) is 24.6 Å². The zero-order valence-corrected chi connectivity index (χ0v) is 19.8. The lowest BCUT2D eigenvalue weighted by Crippen LogP contribution is -2.12. The minimum Gasteiger partial charge on any atom is -0.481 e. The molecule has 156 valence electrons. The van der Waals surface area contributed by atoms with Gasteiger partial charge >= 0.3 is 11.9 Å². The summed E-state index contributed by atoms with van der Waals surface area (Å²) in [4.78, 5) is 21.6. The molecule has 0 saturated heterocycles. The second kappa shape index (κ2) is 22.9. The van der Waals surface area contributed by atoms with E-state index in [-0.39, 0.29) is 17.2 Å². The molecule has 0 aromatic rings. The molecule has 0 spiro atoms. The van der Waals surface area contributed by atoms with E-state index in [2.05, 4.69) is 45.7 Å². The maximum atomic E-state index is 11.6. The molecule has 0 radical (unpaired) electrons. The minimum absolute atomic E-state index is 0.0491. The highest BCUT2D eigenvalue weighted by molar-refractivity contribution is 9.09. The number of carboxylic acids is 1. The van der Waals surface area contributed by atoms with Crippen LogP contribution in [-0.2, 0) is 14.3 Å². The van der Waals surface area contributed by atoms with Gasteiger partial charge in [0.1, 0.15) is 0 Å². The van der Waals surface area contributed by atoms with E-state index >= 15 is 0 Å². The van der Waals surface area contributed by atoms with E-state index in [0.29, 0.717) is 13.0 Å². The fourth-order valence-electron chi connectivity index (χ4n) is 2.24. The van der Waals surface area contributed by atoms with Crippen LogP contribution in [-0.4, -0.2) is 33.8 Å². The molecule has 0 bridgehead atoms. The molecule has 0 heterocycles. The summed E-state index contributed by atoms with van der Waals surface area (Å²) in [6.45, 7) is 5.00. The molecule has 0 aromatic carbocycles. The monoisotopic (exact) mass is 500 g/mol. The Morgan fingerprint density at radius 1 is 0.923 bits per heavy atom. The van der Waals surface area contributed by atoms with Crippen LogP contribution in [0.4, 0.5) is 0 Å². The first-order valence-electron chi connectivity index (χ1n) is 10.0. The summed E-state index contributed by atoms with van der Waals surface area (Å²) < 4.78 is 5.24. The van der Waals surface area contributed by atoms with Crippen LogP contribution in [0.2, 0.25) is 0 Å². The van der Waals surface area contributed by atoms with Crippen molar-refractivity contribution < 1.29 is 19.4 Å². The number of esters is 1. The molecule has 0 aliphatic heterocycles. The number of carbonyl (C=O) groups excluding carboxylic acids is 1. The van der Waals surface area contributed by atoms with Crippen LogP contribution >= 0.6 is 31.9 Å². The lowest BCUT2D eigenvalue weighted by Gasteiger charge is -2.09. The molecule has 6 heteroatoms. The molecule has 1 atom stereocenters. The largest absolute Gasteiger partial charge is 0.481 e. The Morgan fingerprint density at radius 2 is 1.50 bits per heavy atom. The van der Waals surface area contributed by atoms with E-state index in [1.54, 1.807) is 0 Å². The molecule has 0 aromatic heterocycles. The third-order valence-electron chi connectivity index (χ3n) is 3.79. The molecule has 1 unspecified atom stereocenters. The topological polar surface area (TPSA) is 63.6 Å². The summed E-state index contributed by atoms with van der Waals surface area (Å²) in [5.41, 5.74) is 0. The van der Waals surface area contributed by atoms with Gasteiger partial charge in [-0.05, 0) is 19.3 Å². The third-order valence-corrected chi connectivity index (χ3v) is 5.14. The molecule has 0 aliphatic rings. The van der Waals surface area contributed by atoms with Crippen LogP contribution in [0.5, 0.6) is 0 Å². The standard InChI is InChI=1S/C16H31BrO2.C4H7BrO2/c1-3-5-7-9-10-12-15(17)14-16(18)19-13-11-8-6-4-2;5-3-1-2-4(6)7/h15H,3-14H2,1-2H3;1-3H2,(H,6,7). The maximum absolute atomic E-state index is 11.6. The van der Waals surface area contributed by atoms with Crippen LogP contribution in [0.1, 0.15) is 97.3 Å². The van der Waals surface area contributed by atoms with Crippen molar-refractivity contribution in [2.75, 3.05) is 11.9 Å². The first-order chi connectivity index (χ1) is 12.5. The Labute approximate surface area is 177 Å². The maximum Gasteiger partial charge on any atom is 0.306 e. The van der Waals surface area contributed by atoms with Gasteiger partial charge < -0.3 is 9.84 Å².